The maximum Gasteiger partial charge on any atom is -0.0345 e. The first-order chi connectivity index (χ1) is 3.81. The number of allylic oxidation sites excluding steroid dienone is 1. The average Bonchev–Trinajstić information content (AvgIpc) is 1.83. The first-order valence-electron chi connectivity index (χ1n) is 3.34. The monoisotopic (exact) mass is 111 g/mol. The highest BCUT2D eigenvalue weighted by atomic mass is 14.0. The van der Waals surface area contributed by atoms with Crippen LogP contribution < -0.4 is 0 Å². The van der Waals surface area contributed by atoms with Crippen molar-refractivity contribution in [1.29, 1.82) is 0 Å². The lowest BCUT2D eigenvalue weighted by Gasteiger charge is -2.03. The topological polar surface area (TPSA) is 0 Å². The molecule has 0 saturated carbocycles. The molecule has 0 heteroatoms. The number of hydrogen-bond acceptors (Lipinski definition) is 0. The molecule has 0 aromatic rings. The summed E-state index contributed by atoms with van der Waals surface area (Å²) >= 11 is 0. The van der Waals surface area contributed by atoms with Gasteiger partial charge in [0.2, 0.25) is 0 Å². The van der Waals surface area contributed by atoms with Gasteiger partial charge in [-0.15, -0.1) is 0 Å². The Balaban J connectivity index is 2.97. The van der Waals surface area contributed by atoms with Crippen molar-refractivity contribution in [1.82, 2.24) is 0 Å². The Morgan fingerprint density at radius 1 is 1.62 bits per heavy atom. The summed E-state index contributed by atoms with van der Waals surface area (Å²) in [7, 11) is 0. The third-order valence-corrected chi connectivity index (χ3v) is 1.52. The molecule has 0 aliphatic heterocycles. The fourth-order valence-electron chi connectivity index (χ4n) is 0.585. The Morgan fingerprint density at radius 2 is 2.25 bits per heavy atom. The van der Waals surface area contributed by atoms with Crippen LogP contribution in [0.5, 0.6) is 0 Å². The lowest BCUT2D eigenvalue weighted by atomic mass is 10.0. The molecule has 8 heavy (non-hydrogen) atoms. The van der Waals surface area contributed by atoms with Crippen molar-refractivity contribution in [3.8, 4) is 0 Å². The molecule has 0 N–H and O–H groups in total. The summed E-state index contributed by atoms with van der Waals surface area (Å²) in [6, 6.07) is 0. The molecule has 0 amide bonds. The van der Waals surface area contributed by atoms with Crippen molar-refractivity contribution < 1.29 is 0 Å². The smallest absolute Gasteiger partial charge is 0.0345 e. The molecule has 0 aromatic heterocycles. The van der Waals surface area contributed by atoms with Crippen LogP contribution in [0.25, 0.3) is 0 Å². The van der Waals surface area contributed by atoms with Crippen LogP contribution in [0.3, 0.4) is 0 Å². The normalized spacial score (nSPS) is 13.2. The molecular formula is C8H15. The molecule has 47 valence electrons. The van der Waals surface area contributed by atoms with Crippen LogP contribution in [0.15, 0.2) is 6.08 Å². The Hall–Kier alpha value is -0.260. The van der Waals surface area contributed by atoms with Crippen LogP contribution in [0, 0.1) is 12.5 Å². The Bertz CT molecular complexity index is 55.1. The number of rotatable bonds is 4. The van der Waals surface area contributed by atoms with Crippen molar-refractivity contribution in [2.75, 3.05) is 0 Å². The van der Waals surface area contributed by atoms with Gasteiger partial charge < -0.3 is 0 Å². The van der Waals surface area contributed by atoms with Gasteiger partial charge in [-0.2, -0.15) is 0 Å². The second-order valence-corrected chi connectivity index (χ2v) is 2.33. The van der Waals surface area contributed by atoms with Gasteiger partial charge in [0, 0.05) is 0 Å². The van der Waals surface area contributed by atoms with Gasteiger partial charge in [-0.25, -0.2) is 0 Å². The van der Waals surface area contributed by atoms with Crippen molar-refractivity contribution in [3.63, 3.8) is 0 Å². The standard InChI is InChI=1S/C8H15/c1-4-6-7-8(3)5-2/h1,4,8H,5-7H2,2-3H3/t8-/m0/s1. The molecule has 0 aromatic carbocycles. The fraction of sp³-hybridized carbons (Fsp3) is 0.750. The summed E-state index contributed by atoms with van der Waals surface area (Å²) in [6.07, 6.45) is 5.32. The third kappa shape index (κ3) is 3.91. The highest BCUT2D eigenvalue weighted by Gasteiger charge is 1.93. The van der Waals surface area contributed by atoms with Gasteiger partial charge in [0.25, 0.3) is 0 Å². The zero-order valence-corrected chi connectivity index (χ0v) is 5.85. The van der Waals surface area contributed by atoms with E-state index in [1.54, 1.807) is 6.08 Å². The molecule has 0 nitrogen and oxygen atoms in total. The van der Waals surface area contributed by atoms with Crippen molar-refractivity contribution in [2.45, 2.75) is 33.1 Å². The molecule has 0 unspecified atom stereocenters. The van der Waals surface area contributed by atoms with E-state index in [9.17, 15) is 0 Å². The summed E-state index contributed by atoms with van der Waals surface area (Å²) in [5.41, 5.74) is 0. The van der Waals surface area contributed by atoms with E-state index in [0.717, 1.165) is 12.3 Å². The average molecular weight is 111 g/mol. The predicted molar refractivity (Wildman–Crippen MR) is 37.6 cm³/mol. The van der Waals surface area contributed by atoms with Gasteiger partial charge in [-0.3, -0.25) is 0 Å². The Labute approximate surface area is 52.6 Å². The van der Waals surface area contributed by atoms with Gasteiger partial charge in [0.1, 0.15) is 0 Å². The fourth-order valence-corrected chi connectivity index (χ4v) is 0.585. The van der Waals surface area contributed by atoms with Gasteiger partial charge in [-0.1, -0.05) is 32.9 Å². The highest BCUT2D eigenvalue weighted by Crippen LogP contribution is 2.08. The second-order valence-electron chi connectivity index (χ2n) is 2.33. The van der Waals surface area contributed by atoms with Gasteiger partial charge in [0.15, 0.2) is 0 Å². The van der Waals surface area contributed by atoms with Crippen molar-refractivity contribution >= 4 is 0 Å². The summed E-state index contributed by atoms with van der Waals surface area (Å²) in [5.74, 6) is 0.842. The molecule has 0 spiro atoms. The molecule has 1 radical (unpaired) electrons. The van der Waals surface area contributed by atoms with Crippen LogP contribution >= 0.6 is 0 Å². The van der Waals surface area contributed by atoms with E-state index in [-0.39, 0.29) is 0 Å². The van der Waals surface area contributed by atoms with Gasteiger partial charge in [-0.05, 0) is 18.8 Å². The molecule has 0 aliphatic rings. The maximum atomic E-state index is 5.21. The van der Waals surface area contributed by atoms with Crippen LogP contribution in [-0.2, 0) is 0 Å². The first-order valence-corrected chi connectivity index (χ1v) is 3.34. The molecule has 0 saturated heterocycles. The zero-order chi connectivity index (χ0) is 6.41. The minimum Gasteiger partial charge on any atom is -0.0845 e. The largest absolute Gasteiger partial charge is 0.0845 e. The van der Waals surface area contributed by atoms with Crippen LogP contribution in [0.2, 0.25) is 0 Å². The second kappa shape index (κ2) is 4.89. The predicted octanol–water partition coefficient (Wildman–Crippen LogP) is 2.80. The number of hydrogen-bond donors (Lipinski definition) is 0. The molecule has 0 fully saturated rings. The molecular weight excluding hydrogens is 96.1 g/mol. The van der Waals surface area contributed by atoms with E-state index >= 15 is 0 Å². The van der Waals surface area contributed by atoms with E-state index in [4.69, 9.17) is 6.58 Å². The molecule has 1 atom stereocenters. The minimum atomic E-state index is 0.842. The lowest BCUT2D eigenvalue weighted by Crippen LogP contribution is -1.88. The lowest BCUT2D eigenvalue weighted by molar-refractivity contribution is 0.522. The Morgan fingerprint density at radius 3 is 2.62 bits per heavy atom. The maximum absolute atomic E-state index is 5.21. The van der Waals surface area contributed by atoms with E-state index in [0.29, 0.717) is 0 Å². The quantitative estimate of drug-likeness (QED) is 0.523. The summed E-state index contributed by atoms with van der Waals surface area (Å²) < 4.78 is 0. The molecule has 0 bridgehead atoms. The zero-order valence-electron chi connectivity index (χ0n) is 5.85. The highest BCUT2D eigenvalue weighted by molar-refractivity contribution is 4.63. The van der Waals surface area contributed by atoms with Crippen molar-refractivity contribution in [2.24, 2.45) is 5.92 Å². The van der Waals surface area contributed by atoms with E-state index < -0.39 is 0 Å². The van der Waals surface area contributed by atoms with Gasteiger partial charge >= 0.3 is 0 Å². The van der Waals surface area contributed by atoms with E-state index in [2.05, 4.69) is 13.8 Å². The van der Waals surface area contributed by atoms with E-state index in [1.807, 2.05) is 0 Å². The SMILES string of the molecule is [CH]=CCC[C@@H](C)CC. The van der Waals surface area contributed by atoms with Crippen molar-refractivity contribution in [3.05, 3.63) is 12.7 Å². The van der Waals surface area contributed by atoms with Crippen LogP contribution in [-0.4, -0.2) is 0 Å². The summed E-state index contributed by atoms with van der Waals surface area (Å²) in [5, 5.41) is 0. The Kier molecular flexibility index (Phi) is 4.73. The third-order valence-electron chi connectivity index (χ3n) is 1.52. The minimum absolute atomic E-state index is 0.842. The van der Waals surface area contributed by atoms with Crippen LogP contribution in [0.4, 0.5) is 0 Å². The molecule has 0 rings (SSSR count). The summed E-state index contributed by atoms with van der Waals surface area (Å²) in [4.78, 5) is 0. The van der Waals surface area contributed by atoms with E-state index in [1.165, 1.54) is 12.8 Å². The van der Waals surface area contributed by atoms with Gasteiger partial charge in [0.05, 0.1) is 0 Å². The van der Waals surface area contributed by atoms with Crippen LogP contribution in [0.1, 0.15) is 33.1 Å². The molecule has 0 heterocycles. The molecule has 0 aliphatic carbocycles. The first kappa shape index (κ1) is 7.74. The summed E-state index contributed by atoms with van der Waals surface area (Å²) in [6.45, 7) is 9.67.